The number of hydrogen-bond acceptors (Lipinski definition) is 3. The summed E-state index contributed by atoms with van der Waals surface area (Å²) in [6, 6.07) is 52.4. The third-order valence-electron chi connectivity index (χ3n) is 9.80. The lowest BCUT2D eigenvalue weighted by molar-refractivity contribution is 0.0926. The first-order valence-corrected chi connectivity index (χ1v) is 16.8. The number of fused-ring (bicyclic) bond motifs is 4. The molecule has 0 aliphatic carbocycles. The third-order valence-corrected chi connectivity index (χ3v) is 9.80. The van der Waals surface area contributed by atoms with Crippen LogP contribution in [0.4, 0.5) is 11.4 Å². The fourth-order valence-corrected chi connectivity index (χ4v) is 7.51. The molecule has 8 aromatic rings. The summed E-state index contributed by atoms with van der Waals surface area (Å²) in [4.78, 5) is 34.1. The fourth-order valence-electron chi connectivity index (χ4n) is 7.51. The molecule has 6 heteroatoms. The molecule has 2 heterocycles. The minimum Gasteiger partial charge on any atom is -0.308 e. The molecule has 0 fully saturated rings. The lowest BCUT2D eigenvalue weighted by atomic mass is 9.92. The van der Waals surface area contributed by atoms with Crippen LogP contribution in [0, 0.1) is 17.9 Å². The van der Waals surface area contributed by atoms with Crippen molar-refractivity contribution < 1.29 is 9.59 Å². The monoisotopic (exact) mass is 666 g/mol. The van der Waals surface area contributed by atoms with E-state index in [1.165, 1.54) is 4.90 Å². The molecule has 7 aromatic carbocycles. The van der Waals surface area contributed by atoms with Crippen LogP contribution in [0.25, 0.3) is 65.7 Å². The number of nitrogens with zero attached hydrogens (tertiary/aromatic N) is 4. The molecule has 0 spiro atoms. The van der Waals surface area contributed by atoms with Crippen LogP contribution in [0.3, 0.4) is 0 Å². The maximum absolute atomic E-state index is 14.8. The molecule has 0 N–H and O–H groups in total. The second kappa shape index (κ2) is 12.1. The number of anilines is 1. The van der Waals surface area contributed by atoms with Gasteiger partial charge in [0.15, 0.2) is 5.69 Å². The van der Waals surface area contributed by atoms with Gasteiger partial charge in [0.25, 0.3) is 11.8 Å². The second-order valence-electron chi connectivity index (χ2n) is 12.6. The molecule has 1 aliphatic heterocycles. The normalized spacial score (nSPS) is 12.2. The van der Waals surface area contributed by atoms with Crippen molar-refractivity contribution in [2.45, 2.75) is 0 Å². The van der Waals surface area contributed by atoms with E-state index in [-0.39, 0.29) is 11.8 Å². The van der Waals surface area contributed by atoms with Gasteiger partial charge in [-0.2, -0.15) is 5.26 Å². The van der Waals surface area contributed by atoms with Crippen molar-refractivity contribution in [3.63, 3.8) is 0 Å². The van der Waals surface area contributed by atoms with Crippen molar-refractivity contribution >= 4 is 45.0 Å². The number of hydrogen-bond donors (Lipinski definition) is 0. The van der Waals surface area contributed by atoms with Gasteiger partial charge in [-0.3, -0.25) is 9.59 Å². The van der Waals surface area contributed by atoms with Gasteiger partial charge in [0.2, 0.25) is 0 Å². The molecule has 0 atom stereocenters. The van der Waals surface area contributed by atoms with E-state index in [9.17, 15) is 14.9 Å². The van der Waals surface area contributed by atoms with Gasteiger partial charge in [0.1, 0.15) is 0 Å². The molecule has 0 unspecified atom stereocenters. The van der Waals surface area contributed by atoms with Gasteiger partial charge >= 0.3 is 0 Å². The predicted molar refractivity (Wildman–Crippen MR) is 206 cm³/mol. The summed E-state index contributed by atoms with van der Waals surface area (Å²) < 4.78 is 2.05. The van der Waals surface area contributed by atoms with Crippen LogP contribution in [0.5, 0.6) is 0 Å². The molecule has 0 saturated carbocycles. The highest BCUT2D eigenvalue weighted by Crippen LogP contribution is 2.44. The molecule has 0 saturated heterocycles. The van der Waals surface area contributed by atoms with Gasteiger partial charge in [-0.25, -0.2) is 9.74 Å². The van der Waals surface area contributed by atoms with Crippen LogP contribution in [0.1, 0.15) is 26.3 Å². The highest BCUT2D eigenvalue weighted by molar-refractivity contribution is 6.36. The van der Waals surface area contributed by atoms with Crippen molar-refractivity contribution in [3.8, 4) is 45.1 Å². The van der Waals surface area contributed by atoms with E-state index >= 15 is 0 Å². The Kier molecular flexibility index (Phi) is 7.10. The van der Waals surface area contributed by atoms with Crippen LogP contribution in [-0.2, 0) is 0 Å². The second-order valence-corrected chi connectivity index (χ2v) is 12.6. The zero-order valence-electron chi connectivity index (χ0n) is 27.6. The van der Waals surface area contributed by atoms with Gasteiger partial charge < -0.3 is 4.57 Å². The van der Waals surface area contributed by atoms with E-state index < -0.39 is 0 Å². The number of nitriles is 1. The third kappa shape index (κ3) is 4.64. The molecule has 1 aromatic heterocycles. The Morgan fingerprint density at radius 2 is 1.19 bits per heavy atom. The smallest absolute Gasteiger partial charge is 0.268 e. The standard InChI is InChI=1S/C46H26N4O2/c1-48-33-23-24-34(32(26-33)28-47)31-22-25-40-38(27-31)36-16-8-9-19-39(36)49(40)42-21-11-18-37-44(42)46(52)50(45(37)51)41-20-10-17-35(29-12-4-2-5-13-29)43(41)30-14-6-3-7-15-30/h2-27H. The highest BCUT2D eigenvalue weighted by Gasteiger charge is 2.40. The van der Waals surface area contributed by atoms with Gasteiger partial charge in [-0.15, -0.1) is 0 Å². The Hall–Kier alpha value is -7.54. The van der Waals surface area contributed by atoms with Crippen LogP contribution in [0.15, 0.2) is 158 Å². The summed E-state index contributed by atoms with van der Waals surface area (Å²) in [5, 5.41) is 11.8. The molecular formula is C46H26N4O2. The van der Waals surface area contributed by atoms with Gasteiger partial charge in [0.05, 0.1) is 46.2 Å². The Morgan fingerprint density at radius 3 is 1.94 bits per heavy atom. The van der Waals surface area contributed by atoms with Crippen LogP contribution in [0.2, 0.25) is 0 Å². The van der Waals surface area contributed by atoms with E-state index in [1.54, 1.807) is 18.2 Å². The van der Waals surface area contributed by atoms with Gasteiger partial charge in [-0.1, -0.05) is 115 Å². The Balaban J connectivity index is 1.23. The van der Waals surface area contributed by atoms with Crippen molar-refractivity contribution in [2.75, 3.05) is 4.90 Å². The fraction of sp³-hybridized carbons (Fsp3) is 0. The van der Waals surface area contributed by atoms with E-state index in [1.807, 2.05) is 144 Å². The quantitative estimate of drug-likeness (QED) is 0.136. The highest BCUT2D eigenvalue weighted by atomic mass is 16.2. The number of imide groups is 1. The summed E-state index contributed by atoms with van der Waals surface area (Å²) in [5.74, 6) is -0.765. The summed E-state index contributed by atoms with van der Waals surface area (Å²) >= 11 is 0. The van der Waals surface area contributed by atoms with E-state index in [0.29, 0.717) is 33.8 Å². The Morgan fingerprint density at radius 1 is 0.519 bits per heavy atom. The molecule has 0 bridgehead atoms. The Labute approximate surface area is 299 Å². The van der Waals surface area contributed by atoms with E-state index in [2.05, 4.69) is 10.9 Å². The molecule has 9 rings (SSSR count). The lowest BCUT2D eigenvalue weighted by Gasteiger charge is -2.22. The average Bonchev–Trinajstić information content (AvgIpc) is 3.67. The number of rotatable bonds is 5. The van der Waals surface area contributed by atoms with E-state index in [0.717, 1.165) is 55.2 Å². The first kappa shape index (κ1) is 30.5. The maximum Gasteiger partial charge on any atom is 0.268 e. The van der Waals surface area contributed by atoms with Crippen molar-refractivity contribution in [3.05, 3.63) is 186 Å². The molecule has 6 nitrogen and oxygen atoms in total. The zero-order chi connectivity index (χ0) is 35.3. The summed E-state index contributed by atoms with van der Waals surface area (Å²) in [6.45, 7) is 7.37. The predicted octanol–water partition coefficient (Wildman–Crippen LogP) is 11.0. The average molecular weight is 667 g/mol. The minimum absolute atomic E-state index is 0.338. The molecule has 2 amide bonds. The topological polar surface area (TPSA) is 70.5 Å². The number of benzene rings is 7. The van der Waals surface area contributed by atoms with Crippen molar-refractivity contribution in [1.82, 2.24) is 4.57 Å². The Bertz CT molecular complexity index is 2860. The van der Waals surface area contributed by atoms with Crippen molar-refractivity contribution in [2.24, 2.45) is 0 Å². The largest absolute Gasteiger partial charge is 0.308 e. The number of carbonyl (C=O) groups is 2. The first-order valence-electron chi connectivity index (χ1n) is 16.8. The lowest BCUT2D eigenvalue weighted by Crippen LogP contribution is -2.30. The van der Waals surface area contributed by atoms with Gasteiger partial charge in [0, 0.05) is 21.9 Å². The zero-order valence-corrected chi connectivity index (χ0v) is 27.6. The SMILES string of the molecule is [C-]#[N+]c1ccc(-c2ccc3c(c2)c2ccccc2n3-c2cccc3c2C(=O)N(c2cccc(-c4ccccc4)c2-c2ccccc2)C3=O)c(C#N)c1. The number of para-hydroxylation sites is 1. The van der Waals surface area contributed by atoms with E-state index in [4.69, 9.17) is 6.57 Å². The first-order chi connectivity index (χ1) is 25.6. The molecular weight excluding hydrogens is 641 g/mol. The molecule has 1 aliphatic rings. The number of amides is 2. The van der Waals surface area contributed by atoms with Crippen LogP contribution in [-0.4, -0.2) is 16.4 Å². The number of carbonyl (C=O) groups excluding carboxylic acids is 2. The van der Waals surface area contributed by atoms with Crippen LogP contribution < -0.4 is 4.90 Å². The summed E-state index contributed by atoms with van der Waals surface area (Å²) in [5.41, 5.74) is 9.54. The maximum atomic E-state index is 14.8. The summed E-state index contributed by atoms with van der Waals surface area (Å²) in [6.07, 6.45) is 0. The van der Waals surface area contributed by atoms with Crippen molar-refractivity contribution in [1.29, 1.82) is 5.26 Å². The molecule has 242 valence electrons. The number of aromatic nitrogens is 1. The van der Waals surface area contributed by atoms with Crippen LogP contribution >= 0.6 is 0 Å². The summed E-state index contributed by atoms with van der Waals surface area (Å²) in [7, 11) is 0. The minimum atomic E-state index is -0.390. The van der Waals surface area contributed by atoms with Gasteiger partial charge in [-0.05, 0) is 70.3 Å². The molecule has 0 radical (unpaired) electrons. The molecule has 52 heavy (non-hydrogen) atoms.